The number of rotatable bonds is 5. The Balaban J connectivity index is 2.15. The summed E-state index contributed by atoms with van der Waals surface area (Å²) in [6.45, 7) is 2.92. The van der Waals surface area contributed by atoms with Crippen LogP contribution in [0.1, 0.15) is 37.5 Å². The molecule has 2 unspecified atom stereocenters. The summed E-state index contributed by atoms with van der Waals surface area (Å²) >= 11 is 1.50. The molecule has 6 heteroatoms. The molecule has 1 heterocycles. The fourth-order valence-electron chi connectivity index (χ4n) is 2.86. The highest BCUT2D eigenvalue weighted by Crippen LogP contribution is 2.31. The minimum absolute atomic E-state index is 0.149. The van der Waals surface area contributed by atoms with E-state index in [0.29, 0.717) is 17.4 Å². The average molecular weight is 316 g/mol. The van der Waals surface area contributed by atoms with Crippen LogP contribution in [0.5, 0.6) is 0 Å². The van der Waals surface area contributed by atoms with Crippen molar-refractivity contribution >= 4 is 21.4 Å². The van der Waals surface area contributed by atoms with E-state index in [1.165, 1.54) is 17.8 Å². The zero-order valence-electron chi connectivity index (χ0n) is 12.4. The molecule has 1 saturated carbocycles. The second kappa shape index (κ2) is 6.56. The van der Waals surface area contributed by atoms with Crippen LogP contribution >= 0.6 is 11.3 Å². The Labute approximate surface area is 126 Å². The summed E-state index contributed by atoms with van der Waals surface area (Å²) in [6, 6.07) is 1.94. The Morgan fingerprint density at radius 2 is 2.20 bits per heavy atom. The summed E-state index contributed by atoms with van der Waals surface area (Å²) < 4.78 is 26.9. The van der Waals surface area contributed by atoms with Gasteiger partial charge in [0.15, 0.2) is 0 Å². The van der Waals surface area contributed by atoms with Gasteiger partial charge in [-0.05, 0) is 31.9 Å². The molecule has 0 saturated heterocycles. The van der Waals surface area contributed by atoms with Crippen LogP contribution in [0.15, 0.2) is 16.3 Å². The van der Waals surface area contributed by atoms with Crippen molar-refractivity contribution in [3.05, 3.63) is 16.3 Å². The lowest BCUT2D eigenvalue weighted by Crippen LogP contribution is -2.39. The van der Waals surface area contributed by atoms with Crippen molar-refractivity contribution in [2.75, 3.05) is 14.1 Å². The Bertz CT molecular complexity index is 539. The SMILES string of the molecule is CNCc1cc(S(=O)(=O)N(C)C2CCCC(C)C2)cs1. The van der Waals surface area contributed by atoms with Gasteiger partial charge in [-0.3, -0.25) is 0 Å². The fraction of sp³-hybridized carbons (Fsp3) is 0.714. The first kappa shape index (κ1) is 15.9. The topological polar surface area (TPSA) is 49.4 Å². The first-order valence-corrected chi connectivity index (χ1v) is 9.47. The first-order valence-electron chi connectivity index (χ1n) is 7.15. The molecule has 1 N–H and O–H groups in total. The van der Waals surface area contributed by atoms with E-state index in [2.05, 4.69) is 12.2 Å². The lowest BCUT2D eigenvalue weighted by atomic mass is 9.87. The van der Waals surface area contributed by atoms with E-state index in [0.717, 1.165) is 24.1 Å². The van der Waals surface area contributed by atoms with Crippen LogP contribution < -0.4 is 5.32 Å². The molecule has 0 bridgehead atoms. The highest BCUT2D eigenvalue weighted by atomic mass is 32.2. The third-order valence-corrected chi connectivity index (χ3v) is 7.05. The van der Waals surface area contributed by atoms with Gasteiger partial charge in [0.2, 0.25) is 10.0 Å². The summed E-state index contributed by atoms with van der Waals surface area (Å²) in [6.07, 6.45) is 4.30. The normalized spacial score (nSPS) is 24.2. The van der Waals surface area contributed by atoms with Gasteiger partial charge in [0.05, 0.1) is 4.90 Å². The summed E-state index contributed by atoms with van der Waals surface area (Å²) in [4.78, 5) is 1.49. The van der Waals surface area contributed by atoms with Gasteiger partial charge in [-0.15, -0.1) is 11.3 Å². The molecule has 2 atom stereocenters. The molecular weight excluding hydrogens is 292 g/mol. The molecule has 1 aliphatic rings. The standard InChI is InChI=1S/C14H24N2O2S2/c1-11-5-4-6-12(7-11)16(3)20(17,18)14-8-13(9-15-2)19-10-14/h8,10-12,15H,4-7,9H2,1-3H3. The van der Waals surface area contributed by atoms with Crippen molar-refractivity contribution in [2.45, 2.75) is 50.1 Å². The molecule has 0 aliphatic heterocycles. The molecule has 0 amide bonds. The number of sulfonamides is 1. The zero-order valence-corrected chi connectivity index (χ0v) is 14.1. The van der Waals surface area contributed by atoms with Crippen molar-refractivity contribution in [2.24, 2.45) is 5.92 Å². The van der Waals surface area contributed by atoms with Crippen LogP contribution in [0.25, 0.3) is 0 Å². The second-order valence-corrected chi connectivity index (χ2v) is 8.72. The molecule has 1 aromatic rings. The minimum atomic E-state index is -3.34. The largest absolute Gasteiger partial charge is 0.315 e. The smallest absolute Gasteiger partial charge is 0.243 e. The van der Waals surface area contributed by atoms with Gasteiger partial charge in [0.25, 0.3) is 0 Å². The van der Waals surface area contributed by atoms with E-state index in [-0.39, 0.29) is 6.04 Å². The van der Waals surface area contributed by atoms with Gasteiger partial charge in [-0.1, -0.05) is 19.8 Å². The Morgan fingerprint density at radius 1 is 1.45 bits per heavy atom. The molecule has 2 rings (SSSR count). The maximum absolute atomic E-state index is 12.7. The molecule has 1 fully saturated rings. The fourth-order valence-corrected chi connectivity index (χ4v) is 5.53. The van der Waals surface area contributed by atoms with Crippen LogP contribution in [0, 0.1) is 5.92 Å². The maximum atomic E-state index is 12.7. The zero-order chi connectivity index (χ0) is 14.8. The molecule has 1 aliphatic carbocycles. The van der Waals surface area contributed by atoms with Gasteiger partial charge in [0.1, 0.15) is 0 Å². The van der Waals surface area contributed by atoms with Crippen molar-refractivity contribution in [1.29, 1.82) is 0 Å². The monoisotopic (exact) mass is 316 g/mol. The number of hydrogen-bond acceptors (Lipinski definition) is 4. The molecule has 4 nitrogen and oxygen atoms in total. The quantitative estimate of drug-likeness (QED) is 0.908. The summed E-state index contributed by atoms with van der Waals surface area (Å²) in [5, 5.41) is 4.80. The molecule has 0 radical (unpaired) electrons. The van der Waals surface area contributed by atoms with Crippen LogP contribution in [0.4, 0.5) is 0 Å². The summed E-state index contributed by atoms with van der Waals surface area (Å²) in [5.74, 6) is 0.619. The van der Waals surface area contributed by atoms with E-state index in [4.69, 9.17) is 0 Å². The van der Waals surface area contributed by atoms with E-state index < -0.39 is 10.0 Å². The minimum Gasteiger partial charge on any atom is -0.315 e. The summed E-state index contributed by atoms with van der Waals surface area (Å²) in [7, 11) is 0.251. The number of hydrogen-bond donors (Lipinski definition) is 1. The van der Waals surface area contributed by atoms with Crippen molar-refractivity contribution in [3.63, 3.8) is 0 Å². The molecule has 20 heavy (non-hydrogen) atoms. The third-order valence-electron chi connectivity index (χ3n) is 4.08. The molecule has 0 spiro atoms. The number of thiophene rings is 1. The van der Waals surface area contributed by atoms with Gasteiger partial charge < -0.3 is 5.32 Å². The average Bonchev–Trinajstić information content (AvgIpc) is 2.87. The number of nitrogens with one attached hydrogen (secondary N) is 1. The first-order chi connectivity index (χ1) is 9.45. The summed E-state index contributed by atoms with van der Waals surface area (Å²) in [5.41, 5.74) is 0. The molecule has 114 valence electrons. The Morgan fingerprint density at radius 3 is 2.85 bits per heavy atom. The van der Waals surface area contributed by atoms with Crippen LogP contribution in [0.3, 0.4) is 0 Å². The van der Waals surface area contributed by atoms with Gasteiger partial charge in [-0.25, -0.2) is 8.42 Å². The van der Waals surface area contributed by atoms with Gasteiger partial charge in [0, 0.05) is 29.9 Å². The van der Waals surface area contributed by atoms with E-state index in [1.807, 2.05) is 7.05 Å². The van der Waals surface area contributed by atoms with Gasteiger partial charge in [-0.2, -0.15) is 4.31 Å². The lowest BCUT2D eigenvalue weighted by Gasteiger charge is -2.33. The predicted octanol–water partition coefficient (Wildman–Crippen LogP) is 2.67. The van der Waals surface area contributed by atoms with Gasteiger partial charge >= 0.3 is 0 Å². The van der Waals surface area contributed by atoms with Crippen molar-refractivity contribution < 1.29 is 8.42 Å². The Hall–Kier alpha value is -0.430. The molecule has 0 aromatic carbocycles. The second-order valence-electron chi connectivity index (χ2n) is 5.73. The predicted molar refractivity (Wildman–Crippen MR) is 83.5 cm³/mol. The van der Waals surface area contributed by atoms with Crippen LogP contribution in [-0.2, 0) is 16.6 Å². The molecular formula is C14H24N2O2S2. The van der Waals surface area contributed by atoms with E-state index in [1.54, 1.807) is 22.8 Å². The maximum Gasteiger partial charge on any atom is 0.243 e. The van der Waals surface area contributed by atoms with Crippen molar-refractivity contribution in [3.8, 4) is 0 Å². The Kier molecular flexibility index (Phi) is 5.23. The van der Waals surface area contributed by atoms with Crippen LogP contribution in [0.2, 0.25) is 0 Å². The van der Waals surface area contributed by atoms with Crippen molar-refractivity contribution in [1.82, 2.24) is 9.62 Å². The highest BCUT2D eigenvalue weighted by molar-refractivity contribution is 7.89. The lowest BCUT2D eigenvalue weighted by molar-refractivity contribution is 0.239. The highest BCUT2D eigenvalue weighted by Gasteiger charge is 2.31. The van der Waals surface area contributed by atoms with E-state index >= 15 is 0 Å². The van der Waals surface area contributed by atoms with Crippen LogP contribution in [-0.4, -0.2) is 32.9 Å². The number of nitrogens with zero attached hydrogens (tertiary/aromatic N) is 1. The molecule has 1 aromatic heterocycles. The van der Waals surface area contributed by atoms with E-state index in [9.17, 15) is 8.42 Å². The third kappa shape index (κ3) is 3.42.